The predicted octanol–water partition coefficient (Wildman–Crippen LogP) is 2.06. The van der Waals surface area contributed by atoms with Crippen LogP contribution in [0.1, 0.15) is 27.2 Å². The Labute approximate surface area is 193 Å². The van der Waals surface area contributed by atoms with E-state index in [1.807, 2.05) is 19.0 Å². The van der Waals surface area contributed by atoms with E-state index in [1.165, 1.54) is 12.1 Å². The molecule has 1 amide bonds. The summed E-state index contributed by atoms with van der Waals surface area (Å²) < 4.78 is 41.0. The van der Waals surface area contributed by atoms with E-state index < -0.39 is 41.1 Å². The molecule has 0 aliphatic rings. The van der Waals surface area contributed by atoms with Crippen molar-refractivity contribution in [3.63, 3.8) is 0 Å². The summed E-state index contributed by atoms with van der Waals surface area (Å²) in [7, 11) is 3.62. The lowest BCUT2D eigenvalue weighted by Gasteiger charge is -2.14. The van der Waals surface area contributed by atoms with Gasteiger partial charge in [-0.3, -0.25) is 14.2 Å². The molecule has 0 radical (unpaired) electrons. The first kappa shape index (κ1) is 24.9. The normalized spacial score (nSPS) is 11.6. The maximum absolute atomic E-state index is 13.2. The molecule has 11 heteroatoms. The molecule has 0 aliphatic heterocycles. The summed E-state index contributed by atoms with van der Waals surface area (Å²) in [5.41, 5.74) is -2.12. The molecule has 0 saturated heterocycles. The average molecular weight is 475 g/mol. The number of rotatable bonds is 7. The predicted molar refractivity (Wildman–Crippen MR) is 120 cm³/mol. The molecule has 0 atom stereocenters. The second kappa shape index (κ2) is 10.0. The van der Waals surface area contributed by atoms with Crippen molar-refractivity contribution in [2.75, 3.05) is 27.2 Å². The van der Waals surface area contributed by atoms with E-state index in [1.54, 1.807) is 31.2 Å². The molecule has 1 aromatic heterocycles. The maximum atomic E-state index is 13.2. The zero-order valence-corrected chi connectivity index (χ0v) is 18.9. The number of likely N-dealkylation sites (N-methyl/N-ethyl adjacent to an activating group) is 1. The van der Waals surface area contributed by atoms with Crippen molar-refractivity contribution in [2.45, 2.75) is 19.6 Å². The fourth-order valence-corrected chi connectivity index (χ4v) is 3.23. The molecule has 1 heterocycles. The largest absolute Gasteiger partial charge is 0.416 e. The highest BCUT2D eigenvalue weighted by atomic mass is 19.4. The summed E-state index contributed by atoms with van der Waals surface area (Å²) in [6.07, 6.45) is -4.58. The number of hydrogen-bond acceptors (Lipinski definition) is 5. The molecule has 2 aromatic carbocycles. The number of hydrogen-bond donors (Lipinski definition) is 1. The molecule has 0 spiro atoms. The fourth-order valence-electron chi connectivity index (χ4n) is 3.23. The van der Waals surface area contributed by atoms with Crippen molar-refractivity contribution in [1.82, 2.24) is 24.6 Å². The molecule has 0 aliphatic carbocycles. The summed E-state index contributed by atoms with van der Waals surface area (Å²) in [4.78, 5) is 40.8. The van der Waals surface area contributed by atoms with Crippen molar-refractivity contribution in [1.29, 1.82) is 0 Å². The standard InChI is InChI=1S/C23H24F3N5O3/c1-15-6-4-9-18(12-15)31-22(34)30(14-16-7-5-8-17(13-16)23(24,25)26)21(33)19(28-31)20(32)27-10-11-29(2)3/h4-9,12-13H,10-11,14H2,1-3H3,(H,27,32). The first-order valence-electron chi connectivity index (χ1n) is 10.4. The first-order chi connectivity index (χ1) is 16.0. The van der Waals surface area contributed by atoms with Crippen molar-refractivity contribution < 1.29 is 18.0 Å². The van der Waals surface area contributed by atoms with Gasteiger partial charge in [-0.25, -0.2) is 4.79 Å². The van der Waals surface area contributed by atoms with Gasteiger partial charge in [-0.2, -0.15) is 23.0 Å². The minimum absolute atomic E-state index is 0.0787. The summed E-state index contributed by atoms with van der Waals surface area (Å²) in [6.45, 7) is 2.06. The monoisotopic (exact) mass is 475 g/mol. The van der Waals surface area contributed by atoms with Crippen molar-refractivity contribution in [3.05, 3.63) is 91.8 Å². The van der Waals surface area contributed by atoms with Crippen LogP contribution in [-0.2, 0) is 12.7 Å². The third-order valence-corrected chi connectivity index (χ3v) is 4.96. The van der Waals surface area contributed by atoms with Gasteiger partial charge in [-0.15, -0.1) is 0 Å². The average Bonchev–Trinajstić information content (AvgIpc) is 2.76. The number of halogens is 3. The number of carbonyl (C=O) groups is 1. The zero-order chi connectivity index (χ0) is 25.0. The third kappa shape index (κ3) is 5.79. The molecule has 0 fully saturated rings. The lowest BCUT2D eigenvalue weighted by Crippen LogP contribution is -2.46. The minimum Gasteiger partial charge on any atom is -0.349 e. The fraction of sp³-hybridized carbons (Fsp3) is 0.304. The Hall–Kier alpha value is -3.73. The number of aryl methyl sites for hydroxylation is 1. The third-order valence-electron chi connectivity index (χ3n) is 4.96. The SMILES string of the molecule is Cc1cccc(-n2nc(C(=O)NCCN(C)C)c(=O)n(Cc3cccc(C(F)(F)F)c3)c2=O)c1. The lowest BCUT2D eigenvalue weighted by molar-refractivity contribution is -0.137. The van der Waals surface area contributed by atoms with E-state index in [2.05, 4.69) is 10.4 Å². The van der Waals surface area contributed by atoms with Crippen LogP contribution in [0.15, 0.2) is 58.1 Å². The molecule has 34 heavy (non-hydrogen) atoms. The van der Waals surface area contributed by atoms with E-state index in [0.29, 0.717) is 16.8 Å². The highest BCUT2D eigenvalue weighted by Gasteiger charge is 2.30. The Kier molecular flexibility index (Phi) is 7.35. The molecule has 3 aromatic rings. The number of alkyl halides is 3. The molecule has 0 saturated carbocycles. The van der Waals surface area contributed by atoms with Gasteiger partial charge in [0.05, 0.1) is 17.8 Å². The van der Waals surface area contributed by atoms with Gasteiger partial charge < -0.3 is 10.2 Å². The lowest BCUT2D eigenvalue weighted by atomic mass is 10.1. The number of amides is 1. The van der Waals surface area contributed by atoms with Crippen molar-refractivity contribution in [2.24, 2.45) is 0 Å². The smallest absolute Gasteiger partial charge is 0.349 e. The van der Waals surface area contributed by atoms with Crippen LogP contribution in [0, 0.1) is 6.92 Å². The summed E-state index contributed by atoms with van der Waals surface area (Å²) >= 11 is 0. The van der Waals surface area contributed by atoms with Gasteiger partial charge in [0.15, 0.2) is 0 Å². The molecular formula is C23H24F3N5O3. The van der Waals surface area contributed by atoms with Gasteiger partial charge in [0.25, 0.3) is 11.5 Å². The molecule has 3 rings (SSSR count). The zero-order valence-electron chi connectivity index (χ0n) is 18.9. The van der Waals surface area contributed by atoms with Crippen LogP contribution in [0.5, 0.6) is 0 Å². The number of aromatic nitrogens is 3. The van der Waals surface area contributed by atoms with E-state index in [9.17, 15) is 27.6 Å². The number of carbonyl (C=O) groups excluding carboxylic acids is 1. The Morgan fingerprint density at radius 2 is 1.79 bits per heavy atom. The molecule has 180 valence electrons. The van der Waals surface area contributed by atoms with Gasteiger partial charge >= 0.3 is 11.9 Å². The van der Waals surface area contributed by atoms with Crippen LogP contribution >= 0.6 is 0 Å². The van der Waals surface area contributed by atoms with Crippen LogP contribution in [0.2, 0.25) is 0 Å². The quantitative estimate of drug-likeness (QED) is 0.565. The molecule has 0 unspecified atom stereocenters. The topological polar surface area (TPSA) is 89.2 Å². The van der Waals surface area contributed by atoms with Gasteiger partial charge in [-0.1, -0.05) is 24.3 Å². The molecular weight excluding hydrogens is 451 g/mol. The second-order valence-corrected chi connectivity index (χ2v) is 8.03. The first-order valence-corrected chi connectivity index (χ1v) is 10.4. The van der Waals surface area contributed by atoms with Crippen molar-refractivity contribution >= 4 is 5.91 Å². The molecule has 0 bridgehead atoms. The molecule has 8 nitrogen and oxygen atoms in total. The van der Waals surface area contributed by atoms with Gasteiger partial charge in [-0.05, 0) is 56.4 Å². The van der Waals surface area contributed by atoms with E-state index >= 15 is 0 Å². The van der Waals surface area contributed by atoms with Gasteiger partial charge in [0.1, 0.15) is 0 Å². The van der Waals surface area contributed by atoms with Crippen LogP contribution < -0.4 is 16.6 Å². The van der Waals surface area contributed by atoms with E-state index in [4.69, 9.17) is 0 Å². The Morgan fingerprint density at radius 3 is 2.44 bits per heavy atom. The van der Waals surface area contributed by atoms with Crippen LogP contribution in [0.4, 0.5) is 13.2 Å². The van der Waals surface area contributed by atoms with E-state index in [-0.39, 0.29) is 12.1 Å². The summed E-state index contributed by atoms with van der Waals surface area (Å²) in [5.74, 6) is -0.786. The number of nitrogens with one attached hydrogen (secondary N) is 1. The Morgan fingerprint density at radius 1 is 1.09 bits per heavy atom. The second-order valence-electron chi connectivity index (χ2n) is 8.03. The highest BCUT2D eigenvalue weighted by molar-refractivity contribution is 5.91. The van der Waals surface area contributed by atoms with Crippen LogP contribution in [0.25, 0.3) is 5.69 Å². The van der Waals surface area contributed by atoms with Crippen molar-refractivity contribution in [3.8, 4) is 5.69 Å². The highest BCUT2D eigenvalue weighted by Crippen LogP contribution is 2.29. The van der Waals surface area contributed by atoms with E-state index in [0.717, 1.165) is 22.4 Å². The Balaban J connectivity index is 2.13. The maximum Gasteiger partial charge on any atom is 0.416 e. The Bertz CT molecular complexity index is 1310. The van der Waals surface area contributed by atoms with Crippen LogP contribution in [0.3, 0.4) is 0 Å². The minimum atomic E-state index is -4.58. The molecule has 1 N–H and O–H groups in total. The number of benzene rings is 2. The van der Waals surface area contributed by atoms with Gasteiger partial charge in [0, 0.05) is 13.1 Å². The summed E-state index contributed by atoms with van der Waals surface area (Å²) in [5, 5.41) is 6.59. The van der Waals surface area contributed by atoms with Gasteiger partial charge in [0.2, 0.25) is 5.69 Å². The number of nitrogens with zero attached hydrogens (tertiary/aromatic N) is 4. The summed E-state index contributed by atoms with van der Waals surface area (Å²) in [6, 6.07) is 11.0. The van der Waals surface area contributed by atoms with Crippen LogP contribution in [-0.4, -0.2) is 52.3 Å².